The number of aromatic nitrogens is 1. The van der Waals surface area contributed by atoms with Crippen molar-refractivity contribution >= 4 is 11.9 Å². The first kappa shape index (κ1) is 17.0. The van der Waals surface area contributed by atoms with Crippen LogP contribution in [-0.4, -0.2) is 39.5 Å². The van der Waals surface area contributed by atoms with E-state index in [0.29, 0.717) is 17.2 Å². The summed E-state index contributed by atoms with van der Waals surface area (Å²) in [6, 6.07) is 12.7. The molecule has 6 nitrogen and oxygen atoms in total. The molecule has 0 radical (unpaired) electrons. The van der Waals surface area contributed by atoms with E-state index in [1.165, 1.54) is 6.20 Å². The Morgan fingerprint density at radius 2 is 1.96 bits per heavy atom. The number of carboxylic acids is 1. The predicted octanol–water partition coefficient (Wildman–Crippen LogP) is 3.20. The molecule has 6 heteroatoms. The molecule has 1 unspecified atom stereocenters. The van der Waals surface area contributed by atoms with Crippen LogP contribution < -0.4 is 4.74 Å². The normalized spacial score (nSPS) is 14.6. The molecule has 1 heterocycles. The van der Waals surface area contributed by atoms with Crippen molar-refractivity contribution in [1.82, 2.24) is 9.88 Å². The summed E-state index contributed by atoms with van der Waals surface area (Å²) in [6.45, 7) is 1.82. The van der Waals surface area contributed by atoms with Gasteiger partial charge < -0.3 is 14.7 Å². The molecule has 1 aromatic heterocycles. The van der Waals surface area contributed by atoms with Gasteiger partial charge in [-0.2, -0.15) is 0 Å². The van der Waals surface area contributed by atoms with Crippen LogP contribution in [0.15, 0.2) is 48.7 Å². The highest BCUT2D eigenvalue weighted by atomic mass is 16.5. The van der Waals surface area contributed by atoms with Gasteiger partial charge in [0.2, 0.25) is 5.88 Å². The van der Waals surface area contributed by atoms with Crippen molar-refractivity contribution in [3.05, 3.63) is 54.2 Å². The first-order chi connectivity index (χ1) is 12.0. The highest BCUT2D eigenvalue weighted by molar-refractivity contribution is 5.94. The van der Waals surface area contributed by atoms with Crippen LogP contribution >= 0.6 is 0 Å². The maximum Gasteiger partial charge on any atom is 0.308 e. The minimum atomic E-state index is -0.900. The molecule has 25 heavy (non-hydrogen) atoms. The Balaban J connectivity index is 1.69. The molecule has 0 saturated heterocycles. The molecule has 1 N–H and O–H groups in total. The Labute approximate surface area is 146 Å². The van der Waals surface area contributed by atoms with Gasteiger partial charge in [-0.05, 0) is 31.0 Å². The van der Waals surface area contributed by atoms with Crippen molar-refractivity contribution < 1.29 is 19.4 Å². The molecule has 1 fully saturated rings. The average molecular weight is 340 g/mol. The van der Waals surface area contributed by atoms with E-state index in [1.54, 1.807) is 24.0 Å². The fourth-order valence-electron chi connectivity index (χ4n) is 2.50. The monoisotopic (exact) mass is 340 g/mol. The summed E-state index contributed by atoms with van der Waals surface area (Å²) in [4.78, 5) is 29.6. The Kier molecular flexibility index (Phi) is 4.97. The van der Waals surface area contributed by atoms with Crippen LogP contribution in [0.25, 0.3) is 0 Å². The number of pyridine rings is 1. The number of carbonyl (C=O) groups excluding carboxylic acids is 1. The van der Waals surface area contributed by atoms with Gasteiger partial charge in [-0.1, -0.05) is 25.1 Å². The van der Waals surface area contributed by atoms with E-state index >= 15 is 0 Å². The van der Waals surface area contributed by atoms with Crippen molar-refractivity contribution in [2.75, 3.05) is 6.54 Å². The van der Waals surface area contributed by atoms with Gasteiger partial charge in [0.15, 0.2) is 0 Å². The van der Waals surface area contributed by atoms with Gasteiger partial charge in [0.05, 0.1) is 11.5 Å². The third kappa shape index (κ3) is 4.35. The number of hydrogen-bond donors (Lipinski definition) is 1. The average Bonchev–Trinajstić information content (AvgIpc) is 3.45. The highest BCUT2D eigenvalue weighted by Gasteiger charge is 2.35. The number of nitrogens with zero attached hydrogens (tertiary/aromatic N) is 2. The fourth-order valence-corrected chi connectivity index (χ4v) is 2.50. The number of carbonyl (C=O) groups is 2. The predicted molar refractivity (Wildman–Crippen MR) is 91.6 cm³/mol. The minimum absolute atomic E-state index is 0.134. The van der Waals surface area contributed by atoms with Gasteiger partial charge in [-0.15, -0.1) is 0 Å². The fraction of sp³-hybridized carbons (Fsp3) is 0.316. The van der Waals surface area contributed by atoms with Gasteiger partial charge in [0, 0.05) is 24.8 Å². The molecule has 1 aliphatic carbocycles. The molecule has 0 aliphatic heterocycles. The minimum Gasteiger partial charge on any atom is -0.481 e. The third-order valence-electron chi connectivity index (χ3n) is 4.09. The van der Waals surface area contributed by atoms with Gasteiger partial charge in [0.1, 0.15) is 5.75 Å². The third-order valence-corrected chi connectivity index (χ3v) is 4.09. The lowest BCUT2D eigenvalue weighted by Gasteiger charge is -2.24. The van der Waals surface area contributed by atoms with E-state index < -0.39 is 11.9 Å². The van der Waals surface area contributed by atoms with Crippen molar-refractivity contribution in [2.45, 2.75) is 25.8 Å². The van der Waals surface area contributed by atoms with Gasteiger partial charge in [-0.25, -0.2) is 4.98 Å². The number of rotatable bonds is 7. The lowest BCUT2D eigenvalue weighted by Crippen LogP contribution is -2.38. The zero-order chi connectivity index (χ0) is 17.8. The SMILES string of the molecule is CC(CN(C(=O)c1ccc(Oc2ccccc2)nc1)C1CC1)C(=O)O. The lowest BCUT2D eigenvalue weighted by atomic mass is 10.1. The van der Waals surface area contributed by atoms with Gasteiger partial charge >= 0.3 is 5.97 Å². The van der Waals surface area contributed by atoms with Crippen LogP contribution in [-0.2, 0) is 4.79 Å². The first-order valence-electron chi connectivity index (χ1n) is 8.27. The Morgan fingerprint density at radius 1 is 1.24 bits per heavy atom. The molecule has 1 saturated carbocycles. The summed E-state index contributed by atoms with van der Waals surface area (Å²) in [7, 11) is 0. The Hall–Kier alpha value is -2.89. The molecule has 0 spiro atoms. The molecular weight excluding hydrogens is 320 g/mol. The van der Waals surface area contributed by atoms with Crippen molar-refractivity contribution in [2.24, 2.45) is 5.92 Å². The summed E-state index contributed by atoms with van der Waals surface area (Å²) in [6.07, 6.45) is 3.31. The Bertz CT molecular complexity index is 742. The summed E-state index contributed by atoms with van der Waals surface area (Å²) in [5.74, 6) is -0.612. The number of benzene rings is 1. The van der Waals surface area contributed by atoms with Crippen LogP contribution in [0.2, 0.25) is 0 Å². The molecule has 1 aliphatic rings. The van der Waals surface area contributed by atoms with Gasteiger partial charge in [0.25, 0.3) is 5.91 Å². The van der Waals surface area contributed by atoms with E-state index in [-0.39, 0.29) is 18.5 Å². The molecule has 2 aromatic rings. The number of ether oxygens (including phenoxy) is 1. The smallest absolute Gasteiger partial charge is 0.308 e. The molecule has 1 atom stereocenters. The van der Waals surface area contributed by atoms with E-state index in [4.69, 9.17) is 9.84 Å². The quantitative estimate of drug-likeness (QED) is 0.837. The van der Waals surface area contributed by atoms with Crippen LogP contribution in [0.1, 0.15) is 30.1 Å². The van der Waals surface area contributed by atoms with Crippen molar-refractivity contribution in [3.8, 4) is 11.6 Å². The first-order valence-corrected chi connectivity index (χ1v) is 8.27. The molecule has 1 amide bonds. The molecular formula is C19H20N2O4. The summed E-state index contributed by atoms with van der Waals surface area (Å²) < 4.78 is 5.62. The number of amides is 1. The van der Waals surface area contributed by atoms with E-state index in [0.717, 1.165) is 12.8 Å². The van der Waals surface area contributed by atoms with E-state index in [2.05, 4.69) is 4.98 Å². The van der Waals surface area contributed by atoms with Crippen LogP contribution in [0.4, 0.5) is 0 Å². The second-order valence-corrected chi connectivity index (χ2v) is 6.23. The number of aliphatic carboxylic acids is 1. The van der Waals surface area contributed by atoms with Gasteiger partial charge in [-0.3, -0.25) is 9.59 Å². The highest BCUT2D eigenvalue weighted by Crippen LogP contribution is 2.29. The van der Waals surface area contributed by atoms with Crippen LogP contribution in [0.3, 0.4) is 0 Å². The second kappa shape index (κ2) is 7.34. The zero-order valence-corrected chi connectivity index (χ0v) is 14.0. The summed E-state index contributed by atoms with van der Waals surface area (Å²) in [5.41, 5.74) is 0.435. The number of para-hydroxylation sites is 1. The largest absolute Gasteiger partial charge is 0.481 e. The van der Waals surface area contributed by atoms with E-state index in [1.807, 2.05) is 30.3 Å². The maximum atomic E-state index is 12.7. The number of hydrogen-bond acceptors (Lipinski definition) is 4. The molecule has 1 aromatic carbocycles. The van der Waals surface area contributed by atoms with Crippen LogP contribution in [0, 0.1) is 5.92 Å². The summed E-state index contributed by atoms with van der Waals surface area (Å²) >= 11 is 0. The lowest BCUT2D eigenvalue weighted by molar-refractivity contribution is -0.141. The maximum absolute atomic E-state index is 12.7. The standard InChI is InChI=1S/C19H20N2O4/c1-13(19(23)24)12-21(15-8-9-15)18(22)14-7-10-17(20-11-14)25-16-5-3-2-4-6-16/h2-7,10-11,13,15H,8-9,12H2,1H3,(H,23,24). The van der Waals surface area contributed by atoms with E-state index in [9.17, 15) is 9.59 Å². The van der Waals surface area contributed by atoms with Crippen molar-refractivity contribution in [1.29, 1.82) is 0 Å². The van der Waals surface area contributed by atoms with Crippen LogP contribution in [0.5, 0.6) is 11.6 Å². The zero-order valence-electron chi connectivity index (χ0n) is 14.0. The second-order valence-electron chi connectivity index (χ2n) is 6.23. The van der Waals surface area contributed by atoms with Crippen molar-refractivity contribution in [3.63, 3.8) is 0 Å². The number of carboxylic acid groups (broad SMARTS) is 1. The topological polar surface area (TPSA) is 79.7 Å². The molecule has 130 valence electrons. The summed E-state index contributed by atoms with van der Waals surface area (Å²) in [5, 5.41) is 9.10. The molecule has 0 bridgehead atoms. The Morgan fingerprint density at radius 3 is 2.52 bits per heavy atom. The molecule has 3 rings (SSSR count).